The lowest BCUT2D eigenvalue weighted by atomic mass is 10.4. The predicted octanol–water partition coefficient (Wildman–Crippen LogP) is -0.0950. The minimum atomic E-state index is -3.04. The van der Waals surface area contributed by atoms with Gasteiger partial charge in [0.15, 0.2) is 0 Å². The predicted molar refractivity (Wildman–Crippen MR) is 34.5 cm³/mol. The smallest absolute Gasteiger partial charge is 0.422 e. The summed E-state index contributed by atoms with van der Waals surface area (Å²) < 4.78 is 4.26. The monoisotopic (exact) mass is 148 g/mol. The number of allylic oxidation sites excluding steroid dienone is 2. The van der Waals surface area contributed by atoms with Crippen LogP contribution >= 0.6 is 0 Å². The molecule has 0 heterocycles. The molecule has 0 unspecified atom stereocenters. The van der Waals surface area contributed by atoms with Crippen LogP contribution in [0.2, 0.25) is 0 Å². The molecule has 10 heavy (non-hydrogen) atoms. The van der Waals surface area contributed by atoms with Crippen molar-refractivity contribution >= 4 is 0 Å². The van der Waals surface area contributed by atoms with Crippen molar-refractivity contribution in [3.05, 3.63) is 11.8 Å². The molecule has 0 bridgehead atoms. The minimum absolute atomic E-state index is 0.326. The van der Waals surface area contributed by atoms with Crippen molar-refractivity contribution in [1.29, 1.82) is 0 Å². The van der Waals surface area contributed by atoms with E-state index in [0.717, 1.165) is 0 Å². The maximum atomic E-state index is 8.30. The lowest BCUT2D eigenvalue weighted by Gasteiger charge is -2.16. The standard InChI is InChI=1S/C6H12O4/c1-3-5(4-2)10-6(7,8)9/h3,7-9H,4H2,1-2H3. The van der Waals surface area contributed by atoms with Crippen LogP contribution in [0.3, 0.4) is 0 Å². The first-order valence-electron chi connectivity index (χ1n) is 3.01. The van der Waals surface area contributed by atoms with Gasteiger partial charge >= 0.3 is 6.16 Å². The van der Waals surface area contributed by atoms with Gasteiger partial charge in [0.2, 0.25) is 0 Å². The molecular formula is C6H12O4. The third-order valence-corrected chi connectivity index (χ3v) is 0.938. The Balaban J connectivity index is 3.88. The second-order valence-corrected chi connectivity index (χ2v) is 1.78. The van der Waals surface area contributed by atoms with E-state index in [1.165, 1.54) is 6.08 Å². The Morgan fingerprint density at radius 2 is 2.00 bits per heavy atom. The molecule has 60 valence electrons. The van der Waals surface area contributed by atoms with E-state index in [1.807, 2.05) is 0 Å². The molecule has 0 saturated carbocycles. The van der Waals surface area contributed by atoms with E-state index in [1.54, 1.807) is 13.8 Å². The summed E-state index contributed by atoms with van der Waals surface area (Å²) in [5.74, 6) is 0.326. The highest BCUT2D eigenvalue weighted by molar-refractivity contribution is 4.88. The highest BCUT2D eigenvalue weighted by Gasteiger charge is 2.20. The molecule has 0 fully saturated rings. The molecule has 0 spiro atoms. The van der Waals surface area contributed by atoms with Crippen molar-refractivity contribution in [2.75, 3.05) is 0 Å². The highest BCUT2D eigenvalue weighted by atomic mass is 16.9. The van der Waals surface area contributed by atoms with E-state index in [-0.39, 0.29) is 0 Å². The molecule has 0 atom stereocenters. The first-order valence-corrected chi connectivity index (χ1v) is 3.01. The highest BCUT2D eigenvalue weighted by Crippen LogP contribution is 2.08. The Bertz CT molecular complexity index is 122. The fourth-order valence-electron chi connectivity index (χ4n) is 0.511. The molecule has 0 aliphatic heterocycles. The zero-order valence-corrected chi connectivity index (χ0v) is 6.03. The van der Waals surface area contributed by atoms with E-state index >= 15 is 0 Å². The van der Waals surface area contributed by atoms with Crippen LogP contribution in [-0.4, -0.2) is 21.5 Å². The van der Waals surface area contributed by atoms with E-state index in [9.17, 15) is 0 Å². The van der Waals surface area contributed by atoms with Crippen LogP contribution in [0.4, 0.5) is 0 Å². The quantitative estimate of drug-likeness (QED) is 0.386. The van der Waals surface area contributed by atoms with Gasteiger partial charge in [-0.1, -0.05) is 6.92 Å². The third kappa shape index (κ3) is 4.31. The van der Waals surface area contributed by atoms with Crippen LogP contribution in [0.1, 0.15) is 20.3 Å². The van der Waals surface area contributed by atoms with Gasteiger partial charge in [0.25, 0.3) is 0 Å². The van der Waals surface area contributed by atoms with Crippen LogP contribution in [0.25, 0.3) is 0 Å². The maximum Gasteiger partial charge on any atom is 0.452 e. The molecule has 0 aromatic rings. The number of aliphatic hydroxyl groups is 3. The zero-order chi connectivity index (χ0) is 8.20. The van der Waals surface area contributed by atoms with Crippen LogP contribution in [0.5, 0.6) is 0 Å². The van der Waals surface area contributed by atoms with Gasteiger partial charge in [-0.2, -0.15) is 0 Å². The topological polar surface area (TPSA) is 69.9 Å². The second-order valence-electron chi connectivity index (χ2n) is 1.78. The summed E-state index contributed by atoms with van der Waals surface area (Å²) in [7, 11) is 0. The van der Waals surface area contributed by atoms with E-state index < -0.39 is 6.16 Å². The van der Waals surface area contributed by atoms with Gasteiger partial charge in [0.05, 0.1) is 0 Å². The summed E-state index contributed by atoms with van der Waals surface area (Å²) in [6.45, 7) is 3.44. The fourth-order valence-corrected chi connectivity index (χ4v) is 0.511. The SMILES string of the molecule is CC=C(CC)OC(O)(O)O. The summed E-state index contributed by atoms with van der Waals surface area (Å²) in [5, 5.41) is 24.9. The zero-order valence-electron chi connectivity index (χ0n) is 6.03. The Hall–Kier alpha value is -0.580. The lowest BCUT2D eigenvalue weighted by Crippen LogP contribution is -2.30. The Morgan fingerprint density at radius 1 is 1.50 bits per heavy atom. The van der Waals surface area contributed by atoms with Gasteiger partial charge in [0, 0.05) is 6.42 Å². The van der Waals surface area contributed by atoms with E-state index in [2.05, 4.69) is 4.74 Å². The van der Waals surface area contributed by atoms with Crippen molar-refractivity contribution in [3.8, 4) is 0 Å². The summed E-state index contributed by atoms with van der Waals surface area (Å²) in [4.78, 5) is 0. The fraction of sp³-hybridized carbons (Fsp3) is 0.667. The number of hydrogen-bond donors (Lipinski definition) is 3. The molecule has 0 rings (SSSR count). The Kier molecular flexibility index (Phi) is 3.35. The average Bonchev–Trinajstić information content (AvgIpc) is 1.81. The maximum absolute atomic E-state index is 8.30. The second kappa shape index (κ2) is 3.55. The molecule has 0 aromatic heterocycles. The molecule has 0 saturated heterocycles. The molecular weight excluding hydrogens is 136 g/mol. The molecule has 0 radical (unpaired) electrons. The lowest BCUT2D eigenvalue weighted by molar-refractivity contribution is -0.442. The normalized spacial score (nSPS) is 13.5. The summed E-state index contributed by atoms with van der Waals surface area (Å²) >= 11 is 0. The number of hydrogen-bond acceptors (Lipinski definition) is 4. The van der Waals surface area contributed by atoms with Crippen LogP contribution in [0.15, 0.2) is 11.8 Å². The summed E-state index contributed by atoms with van der Waals surface area (Å²) in [5.41, 5.74) is 0. The molecule has 0 aromatic carbocycles. The summed E-state index contributed by atoms with van der Waals surface area (Å²) in [6.07, 6.45) is -1.00. The van der Waals surface area contributed by atoms with Crippen molar-refractivity contribution in [3.63, 3.8) is 0 Å². The van der Waals surface area contributed by atoms with E-state index in [0.29, 0.717) is 12.2 Å². The van der Waals surface area contributed by atoms with Gasteiger partial charge < -0.3 is 20.1 Å². The largest absolute Gasteiger partial charge is 0.452 e. The molecule has 4 nitrogen and oxygen atoms in total. The van der Waals surface area contributed by atoms with Gasteiger partial charge in [-0.05, 0) is 13.0 Å². The van der Waals surface area contributed by atoms with Crippen molar-refractivity contribution in [1.82, 2.24) is 0 Å². The molecule has 4 heteroatoms. The summed E-state index contributed by atoms with van der Waals surface area (Å²) in [6, 6.07) is 0. The van der Waals surface area contributed by atoms with Crippen LogP contribution in [-0.2, 0) is 4.74 Å². The first-order chi connectivity index (χ1) is 4.49. The van der Waals surface area contributed by atoms with Crippen molar-refractivity contribution in [2.24, 2.45) is 0 Å². The number of rotatable bonds is 3. The Labute approximate surface area is 59.4 Å². The van der Waals surface area contributed by atoms with Crippen LogP contribution in [0, 0.1) is 0 Å². The average molecular weight is 148 g/mol. The van der Waals surface area contributed by atoms with Crippen molar-refractivity contribution in [2.45, 2.75) is 26.4 Å². The first kappa shape index (κ1) is 9.42. The molecule has 0 aliphatic rings. The minimum Gasteiger partial charge on any atom is -0.422 e. The van der Waals surface area contributed by atoms with Crippen molar-refractivity contribution < 1.29 is 20.1 Å². The molecule has 0 amide bonds. The number of ether oxygens (including phenoxy) is 1. The van der Waals surface area contributed by atoms with Gasteiger partial charge in [0.1, 0.15) is 5.76 Å². The van der Waals surface area contributed by atoms with Crippen LogP contribution < -0.4 is 0 Å². The van der Waals surface area contributed by atoms with Gasteiger partial charge in [-0.3, -0.25) is 0 Å². The third-order valence-electron chi connectivity index (χ3n) is 0.938. The Morgan fingerprint density at radius 3 is 2.10 bits per heavy atom. The molecule has 0 aliphatic carbocycles. The van der Waals surface area contributed by atoms with E-state index in [4.69, 9.17) is 15.3 Å². The molecule has 3 N–H and O–H groups in total. The van der Waals surface area contributed by atoms with Gasteiger partial charge in [-0.15, -0.1) is 0 Å². The van der Waals surface area contributed by atoms with Gasteiger partial charge in [-0.25, -0.2) is 0 Å².